The molecule has 0 aromatic rings. The Hall–Kier alpha value is -1.86. The van der Waals surface area contributed by atoms with E-state index in [2.05, 4.69) is 26.8 Å². The molecule has 8 rings (SSSR count). The Balaban J connectivity index is 0.863. The third-order valence-corrected chi connectivity index (χ3v) is 15.7. The van der Waals surface area contributed by atoms with Crippen molar-refractivity contribution >= 4 is 11.8 Å². The number of hydrogen-bond donors (Lipinski definition) is 5. The van der Waals surface area contributed by atoms with E-state index in [0.717, 1.165) is 37.7 Å². The van der Waals surface area contributed by atoms with Crippen molar-refractivity contribution in [1.82, 2.24) is 0 Å². The molecule has 8 aliphatic heterocycles. The first-order valence-corrected chi connectivity index (χ1v) is 23.4. The Kier molecular flexibility index (Phi) is 12.9. The fourth-order valence-electron chi connectivity index (χ4n) is 12.1. The number of fused-ring (bicyclic) bond motifs is 2. The third kappa shape index (κ3) is 8.89. The van der Waals surface area contributed by atoms with E-state index in [4.69, 9.17) is 37.9 Å². The molecule has 8 saturated heterocycles. The number of aliphatic hydroxyl groups excluding tert-OH is 3. The summed E-state index contributed by atoms with van der Waals surface area (Å²) in [5.41, 5.74) is -1.22. The van der Waals surface area contributed by atoms with Crippen LogP contribution in [0.4, 0.5) is 0 Å². The number of ether oxygens (including phenoxy) is 8. The zero-order valence-corrected chi connectivity index (χ0v) is 37.7. The van der Waals surface area contributed by atoms with Crippen LogP contribution < -0.4 is 0 Å². The van der Waals surface area contributed by atoms with Gasteiger partial charge < -0.3 is 63.4 Å². The second-order valence-electron chi connectivity index (χ2n) is 21.2. The van der Waals surface area contributed by atoms with Crippen molar-refractivity contribution < 1.29 is 73.0 Å². The number of aliphatic carboxylic acids is 1. The van der Waals surface area contributed by atoms with Crippen molar-refractivity contribution in [1.29, 1.82) is 0 Å². The molecule has 0 aliphatic carbocycles. The quantitative estimate of drug-likeness (QED) is 0.167. The lowest BCUT2D eigenvalue weighted by Crippen LogP contribution is -2.59. The van der Waals surface area contributed by atoms with Gasteiger partial charge in [-0.05, 0) is 97.8 Å². The predicted octanol–water partition coefficient (Wildman–Crippen LogP) is 4.77. The van der Waals surface area contributed by atoms with Crippen molar-refractivity contribution in [2.45, 2.75) is 234 Å². The first kappa shape index (κ1) is 46.7. The molecule has 2 bridgehead atoms. The average molecular weight is 877 g/mol. The molecule has 8 fully saturated rings. The summed E-state index contributed by atoms with van der Waals surface area (Å²) in [6.45, 7) is 13.9. The molecule has 15 heteroatoms. The Morgan fingerprint density at radius 2 is 1.68 bits per heavy atom. The Labute approximate surface area is 365 Å². The lowest BCUT2D eigenvalue weighted by atomic mass is 9.87. The highest BCUT2D eigenvalue weighted by Crippen LogP contribution is 2.55. The minimum absolute atomic E-state index is 0.00421. The van der Waals surface area contributed by atoms with Crippen LogP contribution in [0, 0.1) is 17.8 Å². The van der Waals surface area contributed by atoms with Crippen LogP contribution in [-0.4, -0.2) is 139 Å². The van der Waals surface area contributed by atoms with E-state index >= 15 is 0 Å². The van der Waals surface area contributed by atoms with Crippen LogP contribution in [0.1, 0.15) is 138 Å². The first-order chi connectivity index (χ1) is 29.1. The summed E-state index contributed by atoms with van der Waals surface area (Å²) in [4.78, 5) is 25.5. The van der Waals surface area contributed by atoms with Crippen molar-refractivity contribution in [2.24, 2.45) is 17.8 Å². The molecule has 1 spiro atoms. The standard InChI is InChI=1S/C47H72O15/c1-26(10-11-33-30(48)22-37(56-33)47(54)39(50)28(3)14-20-55-47)21-27(2)23-42(5)16-13-36(60-42)46-19-18-43(6,62-46)25-35(59-46)38-31(49)24-44(7,61-38)40(51)34-12-17-45(58-34)15-8-9-32(57-45)29(4)41(52)53/h10-11,21,27-30,32-40,48,50-51,54H,8-9,12-20,22-25H2,1-7H3,(H,52,53)/b11-10+,26-21+/t27-,28+,29-,30+,32-,33+,34-,35+,36+,37-,38-,39+,40-,42+,43-,44+,45+,46-,47+/m0/s1. The number of hydrogen-bond acceptors (Lipinski definition) is 14. The molecule has 15 nitrogen and oxygen atoms in total. The molecule has 0 unspecified atom stereocenters. The van der Waals surface area contributed by atoms with E-state index in [9.17, 15) is 35.1 Å². The van der Waals surface area contributed by atoms with Crippen LogP contribution >= 0.6 is 0 Å². The molecule has 8 aliphatic rings. The second-order valence-corrected chi connectivity index (χ2v) is 21.2. The van der Waals surface area contributed by atoms with Gasteiger partial charge in [-0.15, -0.1) is 0 Å². The average Bonchev–Trinajstić information content (AvgIpc) is 4.02. The van der Waals surface area contributed by atoms with E-state index < -0.39 is 101 Å². The van der Waals surface area contributed by atoms with Crippen LogP contribution in [0.25, 0.3) is 0 Å². The molecule has 0 aromatic heterocycles. The van der Waals surface area contributed by atoms with E-state index in [1.807, 2.05) is 19.9 Å². The van der Waals surface area contributed by atoms with Gasteiger partial charge in [0.15, 0.2) is 17.4 Å². The van der Waals surface area contributed by atoms with Crippen molar-refractivity contribution in [3.8, 4) is 0 Å². The highest BCUT2D eigenvalue weighted by Gasteiger charge is 2.64. The Morgan fingerprint density at radius 1 is 0.919 bits per heavy atom. The monoisotopic (exact) mass is 876 g/mol. The molecule has 0 amide bonds. The fourth-order valence-corrected chi connectivity index (χ4v) is 12.1. The summed E-state index contributed by atoms with van der Waals surface area (Å²) < 4.78 is 51.4. The molecule has 350 valence electrons. The lowest BCUT2D eigenvalue weighted by molar-refractivity contribution is -0.359. The van der Waals surface area contributed by atoms with E-state index in [-0.39, 0.29) is 36.6 Å². The second kappa shape index (κ2) is 17.1. The highest BCUT2D eigenvalue weighted by molar-refractivity contribution is 5.86. The molecule has 0 radical (unpaired) electrons. The molecule has 0 saturated carbocycles. The predicted molar refractivity (Wildman–Crippen MR) is 221 cm³/mol. The molecule has 0 aromatic carbocycles. The maximum absolute atomic E-state index is 13.9. The van der Waals surface area contributed by atoms with Crippen LogP contribution in [0.15, 0.2) is 23.8 Å². The van der Waals surface area contributed by atoms with Gasteiger partial charge in [0.05, 0.1) is 48.1 Å². The number of Topliss-reactive ketones (excluding diaryl/α,β-unsaturated/α-hetero) is 1. The first-order valence-electron chi connectivity index (χ1n) is 23.4. The Bertz CT molecular complexity index is 1740. The van der Waals surface area contributed by atoms with Gasteiger partial charge >= 0.3 is 5.97 Å². The SMILES string of the molecule is CC(/C=C/[C@H]1O[C@H]([C@@]2(O)OCC[C@@H](C)[C@H]2O)C[C@H]1O)=C\[C@H](C)C[C@@]1(C)CC[C@H]([C@@]23CC[C@@](C)(C[C@H]([C@H]4O[C@@](C)([C@@H](O)[C@@H]5CC[C@@]6(CCC[C@@H]([C@H](C)C(=O)O)O6)O5)CC4=O)O2)O3)O1. The van der Waals surface area contributed by atoms with Gasteiger partial charge in [-0.25, -0.2) is 0 Å². The van der Waals surface area contributed by atoms with Gasteiger partial charge in [0.2, 0.25) is 5.79 Å². The topological polar surface area (TPSA) is 209 Å². The smallest absolute Gasteiger partial charge is 0.308 e. The number of carboxylic acids is 1. The number of rotatable bonds is 12. The minimum atomic E-state index is -1.86. The summed E-state index contributed by atoms with van der Waals surface area (Å²) in [6.07, 6.45) is 6.29. The number of carboxylic acid groups (broad SMARTS) is 1. The number of carbonyl (C=O) groups is 2. The summed E-state index contributed by atoms with van der Waals surface area (Å²) >= 11 is 0. The number of ketones is 1. The van der Waals surface area contributed by atoms with Crippen molar-refractivity contribution in [2.75, 3.05) is 6.61 Å². The number of allylic oxidation sites excluding steroid dienone is 3. The third-order valence-electron chi connectivity index (χ3n) is 15.7. The summed E-state index contributed by atoms with van der Waals surface area (Å²) in [6, 6.07) is 0. The van der Waals surface area contributed by atoms with Crippen LogP contribution in [0.2, 0.25) is 0 Å². The largest absolute Gasteiger partial charge is 0.481 e. The maximum atomic E-state index is 13.9. The summed E-state index contributed by atoms with van der Waals surface area (Å²) in [5, 5.41) is 54.0. The van der Waals surface area contributed by atoms with Crippen LogP contribution in [0.5, 0.6) is 0 Å². The molecular formula is C47H72O15. The van der Waals surface area contributed by atoms with Gasteiger partial charge in [0.1, 0.15) is 42.2 Å². The van der Waals surface area contributed by atoms with E-state index in [1.165, 1.54) is 0 Å². The molecular weight excluding hydrogens is 805 g/mol. The number of aliphatic hydroxyl groups is 4. The van der Waals surface area contributed by atoms with Crippen molar-refractivity contribution in [3.63, 3.8) is 0 Å². The van der Waals surface area contributed by atoms with Gasteiger partial charge in [-0.2, -0.15) is 0 Å². The van der Waals surface area contributed by atoms with Crippen LogP contribution in [0.3, 0.4) is 0 Å². The maximum Gasteiger partial charge on any atom is 0.308 e. The van der Waals surface area contributed by atoms with Crippen LogP contribution in [-0.2, 0) is 47.5 Å². The van der Waals surface area contributed by atoms with E-state index in [0.29, 0.717) is 51.6 Å². The normalized spacial score (nSPS) is 50.2. The highest BCUT2D eigenvalue weighted by atomic mass is 16.8. The minimum Gasteiger partial charge on any atom is -0.481 e. The van der Waals surface area contributed by atoms with Gasteiger partial charge in [0, 0.05) is 38.5 Å². The summed E-state index contributed by atoms with van der Waals surface area (Å²) in [5.74, 6) is -5.58. The zero-order chi connectivity index (χ0) is 44.6. The molecule has 19 atom stereocenters. The van der Waals surface area contributed by atoms with Gasteiger partial charge in [-0.3, -0.25) is 9.59 Å². The van der Waals surface area contributed by atoms with Crippen molar-refractivity contribution in [3.05, 3.63) is 23.8 Å². The zero-order valence-electron chi connectivity index (χ0n) is 37.7. The molecule has 8 heterocycles. The lowest BCUT2D eigenvalue weighted by Gasteiger charge is -2.47. The number of carbonyl (C=O) groups excluding carboxylic acids is 1. The van der Waals surface area contributed by atoms with E-state index in [1.54, 1.807) is 19.9 Å². The van der Waals surface area contributed by atoms with Gasteiger partial charge in [0.25, 0.3) is 0 Å². The molecule has 62 heavy (non-hydrogen) atoms. The fraction of sp³-hybridized carbons (Fsp3) is 0.872. The van der Waals surface area contributed by atoms with Gasteiger partial charge in [-0.1, -0.05) is 37.6 Å². The summed E-state index contributed by atoms with van der Waals surface area (Å²) in [7, 11) is 0. The molecule has 5 N–H and O–H groups in total. The Morgan fingerprint density at radius 3 is 2.44 bits per heavy atom.